The summed E-state index contributed by atoms with van der Waals surface area (Å²) in [6.07, 6.45) is 0. The van der Waals surface area contributed by atoms with Crippen molar-refractivity contribution in [1.82, 2.24) is 19.7 Å². The van der Waals surface area contributed by atoms with Crippen LogP contribution in [0.15, 0.2) is 90.1 Å². The number of hydrogen-bond acceptors (Lipinski definition) is 4. The second kappa shape index (κ2) is 10.4. The molecule has 33 heavy (non-hydrogen) atoms. The number of thioether (sulfide) groups is 1. The third kappa shape index (κ3) is 5.49. The zero-order valence-corrected chi connectivity index (χ0v) is 19.4. The lowest BCUT2D eigenvalue weighted by Gasteiger charge is -2.26. The fourth-order valence-corrected chi connectivity index (χ4v) is 4.48. The van der Waals surface area contributed by atoms with Crippen molar-refractivity contribution in [3.8, 4) is 11.4 Å². The molecule has 7 heteroatoms. The molecule has 0 saturated heterocycles. The molecule has 1 atom stereocenters. The molecular formula is C26H25FN4OS. The zero-order chi connectivity index (χ0) is 23.2. The van der Waals surface area contributed by atoms with Gasteiger partial charge >= 0.3 is 0 Å². The summed E-state index contributed by atoms with van der Waals surface area (Å²) < 4.78 is 16.0. The second-order valence-electron chi connectivity index (χ2n) is 7.77. The van der Waals surface area contributed by atoms with Crippen LogP contribution in [-0.4, -0.2) is 30.8 Å². The number of rotatable bonds is 8. The fourth-order valence-electron chi connectivity index (χ4n) is 3.58. The van der Waals surface area contributed by atoms with Crippen molar-refractivity contribution in [3.05, 3.63) is 102 Å². The van der Waals surface area contributed by atoms with E-state index in [9.17, 15) is 9.18 Å². The summed E-state index contributed by atoms with van der Waals surface area (Å²) in [4.78, 5) is 15.3. The van der Waals surface area contributed by atoms with Gasteiger partial charge in [-0.2, -0.15) is 0 Å². The van der Waals surface area contributed by atoms with Crippen LogP contribution in [0.2, 0.25) is 0 Å². The van der Waals surface area contributed by atoms with Gasteiger partial charge < -0.3 is 9.47 Å². The van der Waals surface area contributed by atoms with Crippen molar-refractivity contribution in [3.63, 3.8) is 0 Å². The molecule has 0 aliphatic heterocycles. The highest BCUT2D eigenvalue weighted by molar-refractivity contribution is 8.00. The van der Waals surface area contributed by atoms with Crippen molar-refractivity contribution < 1.29 is 9.18 Å². The molecule has 4 aromatic rings. The minimum Gasteiger partial charge on any atom is -0.333 e. The largest absolute Gasteiger partial charge is 0.333 e. The third-order valence-electron chi connectivity index (χ3n) is 5.32. The average Bonchev–Trinajstić information content (AvgIpc) is 3.19. The van der Waals surface area contributed by atoms with Gasteiger partial charge in [-0.05, 0) is 30.2 Å². The molecule has 0 spiro atoms. The molecule has 1 unspecified atom stereocenters. The molecule has 5 nitrogen and oxygen atoms in total. The average molecular weight is 461 g/mol. The zero-order valence-electron chi connectivity index (χ0n) is 18.6. The van der Waals surface area contributed by atoms with Gasteiger partial charge in [-0.3, -0.25) is 4.79 Å². The molecule has 0 radical (unpaired) electrons. The van der Waals surface area contributed by atoms with E-state index in [1.165, 1.54) is 17.8 Å². The number of amides is 1. The third-order valence-corrected chi connectivity index (χ3v) is 6.45. The molecule has 1 aromatic heterocycles. The quantitative estimate of drug-likeness (QED) is 0.334. The summed E-state index contributed by atoms with van der Waals surface area (Å²) in [7, 11) is 1.78. The number of benzene rings is 3. The summed E-state index contributed by atoms with van der Waals surface area (Å²) in [6.45, 7) is 2.89. The second-order valence-corrected chi connectivity index (χ2v) is 9.08. The topological polar surface area (TPSA) is 51.0 Å². The Morgan fingerprint density at radius 1 is 0.909 bits per heavy atom. The minimum atomic E-state index is -0.395. The summed E-state index contributed by atoms with van der Waals surface area (Å²) in [6, 6.07) is 26.4. The number of halogens is 1. The lowest BCUT2D eigenvalue weighted by Crippen LogP contribution is -2.35. The van der Waals surface area contributed by atoms with Crippen molar-refractivity contribution in [2.45, 2.75) is 30.4 Å². The first-order valence-electron chi connectivity index (χ1n) is 10.7. The van der Waals surface area contributed by atoms with Crippen LogP contribution in [0.1, 0.15) is 18.1 Å². The van der Waals surface area contributed by atoms with Gasteiger partial charge in [0.1, 0.15) is 5.82 Å². The van der Waals surface area contributed by atoms with Crippen LogP contribution >= 0.6 is 11.8 Å². The number of nitrogens with zero attached hydrogens (tertiary/aromatic N) is 4. The number of hydrogen-bond donors (Lipinski definition) is 0. The maximum absolute atomic E-state index is 14.2. The molecule has 0 aliphatic rings. The highest BCUT2D eigenvalue weighted by Crippen LogP contribution is 2.28. The molecule has 4 rings (SSSR count). The Morgan fingerprint density at radius 3 is 2.03 bits per heavy atom. The van der Waals surface area contributed by atoms with Gasteiger partial charge in [0.25, 0.3) is 0 Å². The Morgan fingerprint density at radius 2 is 1.45 bits per heavy atom. The molecule has 3 aromatic carbocycles. The van der Waals surface area contributed by atoms with E-state index in [2.05, 4.69) is 10.2 Å². The first-order valence-corrected chi connectivity index (χ1v) is 11.6. The summed E-state index contributed by atoms with van der Waals surface area (Å²) in [5.74, 6) is 0.0781. The molecule has 0 aliphatic carbocycles. The van der Waals surface area contributed by atoms with Crippen LogP contribution in [0.4, 0.5) is 4.39 Å². The van der Waals surface area contributed by atoms with Gasteiger partial charge in [0.05, 0.1) is 10.8 Å². The molecule has 1 amide bonds. The Balaban J connectivity index is 1.53. The van der Waals surface area contributed by atoms with E-state index in [0.717, 1.165) is 11.1 Å². The molecule has 0 saturated carbocycles. The Bertz CT molecular complexity index is 1170. The van der Waals surface area contributed by atoms with Gasteiger partial charge in [-0.15, -0.1) is 10.2 Å². The fraction of sp³-hybridized carbons (Fsp3) is 0.192. The van der Waals surface area contributed by atoms with Crippen LogP contribution in [0.5, 0.6) is 0 Å². The maximum Gasteiger partial charge on any atom is 0.236 e. The number of carbonyl (C=O) groups excluding carboxylic acids is 1. The molecule has 168 valence electrons. The van der Waals surface area contributed by atoms with Gasteiger partial charge in [0.15, 0.2) is 11.0 Å². The lowest BCUT2D eigenvalue weighted by atomic mass is 10.1. The Hall–Kier alpha value is -3.45. The monoisotopic (exact) mass is 460 g/mol. The molecular weight excluding hydrogens is 435 g/mol. The number of aromatic nitrogens is 3. The van der Waals surface area contributed by atoms with Crippen LogP contribution < -0.4 is 0 Å². The smallest absolute Gasteiger partial charge is 0.236 e. The van der Waals surface area contributed by atoms with E-state index in [1.807, 2.05) is 72.5 Å². The van der Waals surface area contributed by atoms with Crippen molar-refractivity contribution in [2.24, 2.45) is 7.05 Å². The van der Waals surface area contributed by atoms with Crippen molar-refractivity contribution in [1.29, 1.82) is 0 Å². The minimum absolute atomic E-state index is 0.00291. The highest BCUT2D eigenvalue weighted by atomic mass is 32.2. The van der Waals surface area contributed by atoms with E-state index in [1.54, 1.807) is 29.8 Å². The molecule has 1 heterocycles. The summed E-state index contributed by atoms with van der Waals surface area (Å²) >= 11 is 1.32. The SMILES string of the molecule is CC(Sc1nnc(-c2ccccc2F)n1C)C(=O)N(Cc1ccccc1)Cc1ccccc1. The summed E-state index contributed by atoms with van der Waals surface area (Å²) in [5.41, 5.74) is 2.52. The molecule has 0 fully saturated rings. The van der Waals surface area contributed by atoms with E-state index >= 15 is 0 Å². The van der Waals surface area contributed by atoms with Crippen LogP contribution in [0.25, 0.3) is 11.4 Å². The highest BCUT2D eigenvalue weighted by Gasteiger charge is 2.25. The van der Waals surface area contributed by atoms with Crippen molar-refractivity contribution >= 4 is 17.7 Å². The van der Waals surface area contributed by atoms with Gasteiger partial charge in [0.2, 0.25) is 5.91 Å². The van der Waals surface area contributed by atoms with E-state index in [0.29, 0.717) is 29.6 Å². The normalized spacial score (nSPS) is 11.8. The predicted octanol–water partition coefficient (Wildman–Crippen LogP) is 5.33. The van der Waals surface area contributed by atoms with Crippen LogP contribution in [-0.2, 0) is 24.9 Å². The lowest BCUT2D eigenvalue weighted by molar-refractivity contribution is -0.131. The van der Waals surface area contributed by atoms with E-state index in [4.69, 9.17) is 0 Å². The van der Waals surface area contributed by atoms with Crippen LogP contribution in [0, 0.1) is 5.82 Å². The van der Waals surface area contributed by atoms with E-state index < -0.39 is 5.25 Å². The van der Waals surface area contributed by atoms with Crippen LogP contribution in [0.3, 0.4) is 0 Å². The van der Waals surface area contributed by atoms with E-state index in [-0.39, 0.29) is 11.7 Å². The molecule has 0 N–H and O–H groups in total. The van der Waals surface area contributed by atoms with Gasteiger partial charge in [0, 0.05) is 20.1 Å². The summed E-state index contributed by atoms with van der Waals surface area (Å²) in [5, 5.41) is 8.56. The molecule has 0 bridgehead atoms. The predicted molar refractivity (Wildman–Crippen MR) is 129 cm³/mol. The van der Waals surface area contributed by atoms with Gasteiger partial charge in [-0.1, -0.05) is 84.6 Å². The Labute approximate surface area is 197 Å². The van der Waals surface area contributed by atoms with Gasteiger partial charge in [-0.25, -0.2) is 4.39 Å². The maximum atomic E-state index is 14.2. The van der Waals surface area contributed by atoms with Crippen molar-refractivity contribution in [2.75, 3.05) is 0 Å². The first-order chi connectivity index (χ1) is 16.0. The first kappa shape index (κ1) is 22.7. The Kier molecular flexibility index (Phi) is 7.19. The number of carbonyl (C=O) groups is 1. The standard InChI is InChI=1S/C26H25FN4OS/c1-19(33-26-29-28-24(30(26)2)22-15-9-10-16-23(22)27)25(32)31(17-20-11-5-3-6-12-20)18-21-13-7-4-8-14-21/h3-16,19H,17-18H2,1-2H3.